The number of fused-ring (bicyclic) bond motifs is 1. The molecule has 2 aromatic rings. The number of carbonyl (C=O) groups is 1. The zero-order valence-corrected chi connectivity index (χ0v) is 14.1. The second-order valence-electron chi connectivity index (χ2n) is 5.40. The highest BCUT2D eigenvalue weighted by molar-refractivity contribution is 9.10. The maximum absolute atomic E-state index is 14.1. The number of halogens is 5. The second kappa shape index (κ2) is 5.87. The van der Waals surface area contributed by atoms with Crippen LogP contribution in [0.5, 0.6) is 0 Å². The van der Waals surface area contributed by atoms with Crippen LogP contribution >= 0.6 is 15.9 Å². The van der Waals surface area contributed by atoms with Gasteiger partial charge in [-0.15, -0.1) is 0 Å². The second-order valence-corrected chi connectivity index (χ2v) is 6.31. The number of alkyl halides is 3. The van der Waals surface area contributed by atoms with E-state index in [-0.39, 0.29) is 35.7 Å². The fraction of sp³-hybridized carbons (Fsp3) is 0.333. The Hall–Kier alpha value is -1.90. The van der Waals surface area contributed by atoms with Crippen LogP contribution in [0.2, 0.25) is 0 Å². The summed E-state index contributed by atoms with van der Waals surface area (Å²) in [6.07, 6.45) is -4.71. The molecule has 1 amide bonds. The summed E-state index contributed by atoms with van der Waals surface area (Å²) in [5.74, 6) is -1.05. The third kappa shape index (κ3) is 2.92. The van der Waals surface area contributed by atoms with Gasteiger partial charge in [0, 0.05) is 16.4 Å². The Morgan fingerprint density at radius 2 is 2.00 bits per heavy atom. The smallest absolute Gasteiger partial charge is 0.344 e. The maximum Gasteiger partial charge on any atom is 0.433 e. The molecule has 0 atom stereocenters. The molecule has 0 saturated carbocycles. The molecule has 1 aromatic carbocycles. The lowest BCUT2D eigenvalue weighted by molar-refractivity contribution is -0.141. The van der Waals surface area contributed by atoms with E-state index in [1.165, 1.54) is 15.9 Å². The fourth-order valence-electron chi connectivity index (χ4n) is 2.68. The Morgan fingerprint density at radius 1 is 1.29 bits per heavy atom. The van der Waals surface area contributed by atoms with Crippen molar-refractivity contribution in [1.82, 2.24) is 9.88 Å². The van der Waals surface area contributed by atoms with E-state index >= 15 is 0 Å². The lowest BCUT2D eigenvalue weighted by Crippen LogP contribution is -2.27. The van der Waals surface area contributed by atoms with Crippen LogP contribution in [0, 0.1) is 5.82 Å². The van der Waals surface area contributed by atoms with E-state index < -0.39 is 17.7 Å². The minimum Gasteiger partial charge on any atom is -0.344 e. The molecular formula is C15H12BrF4N3O. The van der Waals surface area contributed by atoms with Gasteiger partial charge in [-0.25, -0.2) is 9.37 Å². The first-order valence-corrected chi connectivity index (χ1v) is 7.89. The van der Waals surface area contributed by atoms with Crippen LogP contribution in [-0.2, 0) is 11.0 Å². The summed E-state index contributed by atoms with van der Waals surface area (Å²) in [5.41, 5.74) is -1.42. The van der Waals surface area contributed by atoms with E-state index in [4.69, 9.17) is 0 Å². The Bertz CT molecular complexity index is 824. The Labute approximate surface area is 143 Å². The van der Waals surface area contributed by atoms with Gasteiger partial charge in [0.15, 0.2) is 5.82 Å². The fourth-order valence-corrected chi connectivity index (χ4v) is 3.11. The Kier molecular flexibility index (Phi) is 4.15. The third-order valence-corrected chi connectivity index (χ3v) is 4.30. The minimum atomic E-state index is -4.71. The maximum atomic E-state index is 14.1. The molecule has 1 aliphatic rings. The lowest BCUT2D eigenvalue weighted by Gasteiger charge is -2.21. The van der Waals surface area contributed by atoms with Gasteiger partial charge in [-0.05, 0) is 25.1 Å². The first-order chi connectivity index (χ1) is 11.2. The highest BCUT2D eigenvalue weighted by Gasteiger charge is 2.36. The molecule has 0 bridgehead atoms. The summed E-state index contributed by atoms with van der Waals surface area (Å²) in [5, 5.41) is 0.223. The summed E-state index contributed by atoms with van der Waals surface area (Å²) in [6.45, 7) is 2.32. The standard InChI is InChI=1S/C15H12BrF4N3O/c1-2-22-7-23(6-13(22)24)11-5-12(15(18,19)20)21-14-9(11)3-8(16)4-10(14)17/h3-5H,2,6-7H2,1H3. The highest BCUT2D eigenvalue weighted by atomic mass is 79.9. The minimum absolute atomic E-state index is 0.0572. The van der Waals surface area contributed by atoms with Crippen LogP contribution in [0.15, 0.2) is 22.7 Å². The molecule has 0 N–H and O–H groups in total. The lowest BCUT2D eigenvalue weighted by atomic mass is 10.1. The summed E-state index contributed by atoms with van der Waals surface area (Å²) >= 11 is 3.14. The van der Waals surface area contributed by atoms with E-state index in [1.54, 1.807) is 6.92 Å². The molecule has 0 unspecified atom stereocenters. The van der Waals surface area contributed by atoms with Gasteiger partial charge in [-0.3, -0.25) is 4.79 Å². The molecular weight excluding hydrogens is 394 g/mol. The SMILES string of the molecule is CCN1CN(c2cc(C(F)(F)F)nc3c(F)cc(Br)cc23)CC1=O. The van der Waals surface area contributed by atoms with Crippen molar-refractivity contribution in [2.75, 3.05) is 24.7 Å². The molecule has 2 heterocycles. The summed E-state index contributed by atoms with van der Waals surface area (Å²) in [4.78, 5) is 18.3. The number of aromatic nitrogens is 1. The van der Waals surface area contributed by atoms with Gasteiger partial charge in [0.2, 0.25) is 5.91 Å². The molecule has 0 radical (unpaired) electrons. The van der Waals surface area contributed by atoms with Gasteiger partial charge in [0.25, 0.3) is 0 Å². The summed E-state index contributed by atoms with van der Waals surface area (Å²) < 4.78 is 53.9. The highest BCUT2D eigenvalue weighted by Crippen LogP contribution is 2.37. The number of nitrogens with zero attached hydrogens (tertiary/aromatic N) is 3. The van der Waals surface area contributed by atoms with Gasteiger partial charge in [-0.1, -0.05) is 15.9 Å². The zero-order chi connectivity index (χ0) is 17.6. The van der Waals surface area contributed by atoms with Gasteiger partial charge >= 0.3 is 6.18 Å². The van der Waals surface area contributed by atoms with Crippen molar-refractivity contribution in [3.05, 3.63) is 34.2 Å². The van der Waals surface area contributed by atoms with Crippen molar-refractivity contribution in [3.63, 3.8) is 0 Å². The number of hydrogen-bond donors (Lipinski definition) is 0. The third-order valence-electron chi connectivity index (χ3n) is 3.84. The molecule has 0 aliphatic carbocycles. The van der Waals surface area contributed by atoms with Gasteiger partial charge in [0.05, 0.1) is 18.9 Å². The summed E-state index contributed by atoms with van der Waals surface area (Å²) in [6, 6.07) is 3.42. The zero-order valence-electron chi connectivity index (χ0n) is 12.5. The average Bonchev–Trinajstić information content (AvgIpc) is 2.86. The monoisotopic (exact) mass is 405 g/mol. The van der Waals surface area contributed by atoms with Crippen molar-refractivity contribution >= 4 is 38.4 Å². The van der Waals surface area contributed by atoms with Crippen molar-refractivity contribution in [2.45, 2.75) is 13.1 Å². The summed E-state index contributed by atoms with van der Waals surface area (Å²) in [7, 11) is 0. The predicted molar refractivity (Wildman–Crippen MR) is 84.0 cm³/mol. The van der Waals surface area contributed by atoms with Crippen molar-refractivity contribution < 1.29 is 22.4 Å². The van der Waals surface area contributed by atoms with E-state index in [0.717, 1.165) is 12.1 Å². The molecule has 1 fully saturated rings. The molecule has 1 aromatic heterocycles. The number of hydrogen-bond acceptors (Lipinski definition) is 3. The van der Waals surface area contributed by atoms with Gasteiger partial charge < -0.3 is 9.80 Å². The van der Waals surface area contributed by atoms with Crippen LogP contribution in [-0.4, -0.2) is 35.5 Å². The van der Waals surface area contributed by atoms with Crippen molar-refractivity contribution in [1.29, 1.82) is 0 Å². The number of likely N-dealkylation sites (N-methyl/N-ethyl adjacent to an activating group) is 1. The van der Waals surface area contributed by atoms with E-state index in [9.17, 15) is 22.4 Å². The molecule has 4 nitrogen and oxygen atoms in total. The first kappa shape index (κ1) is 16.9. The number of benzene rings is 1. The largest absolute Gasteiger partial charge is 0.433 e. The number of amides is 1. The van der Waals surface area contributed by atoms with Gasteiger partial charge in [0.1, 0.15) is 11.2 Å². The molecule has 128 valence electrons. The number of pyridine rings is 1. The van der Waals surface area contributed by atoms with Crippen LogP contribution in [0.25, 0.3) is 10.9 Å². The van der Waals surface area contributed by atoms with Gasteiger partial charge in [-0.2, -0.15) is 13.2 Å². The number of rotatable bonds is 2. The molecule has 9 heteroatoms. The van der Waals surface area contributed by atoms with E-state index in [2.05, 4.69) is 20.9 Å². The predicted octanol–water partition coefficient (Wildman–Crippen LogP) is 3.78. The van der Waals surface area contributed by atoms with Crippen LogP contribution in [0.3, 0.4) is 0 Å². The van der Waals surface area contributed by atoms with E-state index in [1.807, 2.05) is 0 Å². The topological polar surface area (TPSA) is 36.4 Å². The van der Waals surface area contributed by atoms with Crippen LogP contribution < -0.4 is 4.90 Å². The normalized spacial score (nSPS) is 15.7. The quantitative estimate of drug-likeness (QED) is 0.713. The van der Waals surface area contributed by atoms with Crippen LogP contribution in [0.4, 0.5) is 23.2 Å². The molecule has 1 aliphatic heterocycles. The van der Waals surface area contributed by atoms with Crippen molar-refractivity contribution in [3.8, 4) is 0 Å². The molecule has 3 rings (SSSR count). The number of anilines is 1. The van der Waals surface area contributed by atoms with Crippen LogP contribution in [0.1, 0.15) is 12.6 Å². The molecule has 1 saturated heterocycles. The first-order valence-electron chi connectivity index (χ1n) is 7.10. The molecule has 24 heavy (non-hydrogen) atoms. The average molecular weight is 406 g/mol. The van der Waals surface area contributed by atoms with Crippen molar-refractivity contribution in [2.24, 2.45) is 0 Å². The molecule has 0 spiro atoms. The number of carbonyl (C=O) groups excluding carboxylic acids is 1. The Balaban J connectivity index is 2.23. The Morgan fingerprint density at radius 3 is 2.58 bits per heavy atom. The van der Waals surface area contributed by atoms with E-state index in [0.29, 0.717) is 11.0 Å².